The Hall–Kier alpha value is -1.93. The summed E-state index contributed by atoms with van der Waals surface area (Å²) in [5.74, 6) is 0.808. The molecule has 0 unspecified atom stereocenters. The van der Waals surface area contributed by atoms with Gasteiger partial charge in [-0.1, -0.05) is 5.10 Å². The summed E-state index contributed by atoms with van der Waals surface area (Å²) in [7, 11) is -3.49. The maximum atomic E-state index is 11.2. The molecule has 8 heteroatoms. The highest BCUT2D eigenvalue weighted by molar-refractivity contribution is 7.90. The van der Waals surface area contributed by atoms with Crippen LogP contribution in [-0.4, -0.2) is 38.0 Å². The second-order valence-electron chi connectivity index (χ2n) is 3.81. The van der Waals surface area contributed by atoms with Gasteiger partial charge in [0.1, 0.15) is 12.4 Å². The van der Waals surface area contributed by atoms with E-state index in [1.54, 1.807) is 24.3 Å². The summed E-state index contributed by atoms with van der Waals surface area (Å²) in [5.41, 5.74) is 5.94. The summed E-state index contributed by atoms with van der Waals surface area (Å²) < 4.78 is 32.8. The molecule has 0 fully saturated rings. The van der Waals surface area contributed by atoms with Gasteiger partial charge in [0.15, 0.2) is 0 Å². The third-order valence-corrected chi connectivity index (χ3v) is 3.01. The summed E-state index contributed by atoms with van der Waals surface area (Å²) in [6.45, 7) is 0.862. The maximum absolute atomic E-state index is 11.2. The molecule has 0 saturated carbocycles. The number of nitrogens with two attached hydrogens (primary N) is 1. The number of nitrogens with zero attached hydrogens (tertiary/aromatic N) is 2. The second-order valence-corrected chi connectivity index (χ2v) is 5.70. The normalized spacial score (nSPS) is 11.5. The second kappa shape index (κ2) is 5.37. The summed E-state index contributed by atoms with van der Waals surface area (Å²) in [5, 5.41) is 6.77. The van der Waals surface area contributed by atoms with Crippen molar-refractivity contribution in [1.82, 2.24) is 10.2 Å². The molecule has 7 nitrogen and oxygen atoms in total. The molecular formula is C11H13N3O4S. The number of hydrogen-bond acceptors (Lipinski definition) is 7. The van der Waals surface area contributed by atoms with E-state index in [9.17, 15) is 8.42 Å². The van der Waals surface area contributed by atoms with E-state index >= 15 is 0 Å². The minimum Gasteiger partial charge on any atom is -0.492 e. The van der Waals surface area contributed by atoms with Crippen LogP contribution in [0.5, 0.6) is 5.75 Å². The molecule has 0 atom stereocenters. The van der Waals surface area contributed by atoms with Gasteiger partial charge in [0.05, 0.1) is 0 Å². The monoisotopic (exact) mass is 283 g/mol. The van der Waals surface area contributed by atoms with Crippen molar-refractivity contribution >= 4 is 9.84 Å². The standard InChI is InChI=1S/C11H13N3O4S/c1-19(15,16)11-14-13-10(18-11)8-2-4-9(5-3-8)17-7-6-12/h2-5H,6-7,12H2,1H3. The number of benzene rings is 1. The average Bonchev–Trinajstić information content (AvgIpc) is 2.86. The zero-order valence-corrected chi connectivity index (χ0v) is 11.1. The third kappa shape index (κ3) is 3.30. The smallest absolute Gasteiger partial charge is 0.335 e. The van der Waals surface area contributed by atoms with Gasteiger partial charge in [-0.25, -0.2) is 8.42 Å². The van der Waals surface area contributed by atoms with Gasteiger partial charge in [0.25, 0.3) is 0 Å². The van der Waals surface area contributed by atoms with Crippen LogP contribution in [0.2, 0.25) is 0 Å². The van der Waals surface area contributed by atoms with Crippen molar-refractivity contribution < 1.29 is 17.6 Å². The Morgan fingerprint density at radius 3 is 2.47 bits per heavy atom. The van der Waals surface area contributed by atoms with Crippen molar-refractivity contribution in [1.29, 1.82) is 0 Å². The number of rotatable bonds is 5. The topological polar surface area (TPSA) is 108 Å². The number of hydrogen-bond donors (Lipinski definition) is 1. The quantitative estimate of drug-likeness (QED) is 0.849. The van der Waals surface area contributed by atoms with Gasteiger partial charge in [0, 0.05) is 18.4 Å². The molecule has 2 aromatic rings. The largest absolute Gasteiger partial charge is 0.492 e. The predicted octanol–water partition coefficient (Wildman–Crippen LogP) is 0.478. The first-order valence-corrected chi connectivity index (χ1v) is 7.36. The average molecular weight is 283 g/mol. The first-order chi connectivity index (χ1) is 9.00. The fraction of sp³-hybridized carbons (Fsp3) is 0.273. The van der Waals surface area contributed by atoms with Gasteiger partial charge in [-0.2, -0.15) is 0 Å². The van der Waals surface area contributed by atoms with E-state index in [0.717, 1.165) is 6.26 Å². The van der Waals surface area contributed by atoms with Crippen molar-refractivity contribution in [2.24, 2.45) is 5.73 Å². The van der Waals surface area contributed by atoms with E-state index in [-0.39, 0.29) is 5.89 Å². The van der Waals surface area contributed by atoms with E-state index in [2.05, 4.69) is 10.2 Å². The Morgan fingerprint density at radius 2 is 1.95 bits per heavy atom. The van der Waals surface area contributed by atoms with Crippen molar-refractivity contribution in [3.05, 3.63) is 24.3 Å². The van der Waals surface area contributed by atoms with Crippen molar-refractivity contribution in [3.63, 3.8) is 0 Å². The molecule has 1 aromatic heterocycles. The van der Waals surface area contributed by atoms with Gasteiger partial charge in [-0.3, -0.25) is 0 Å². The van der Waals surface area contributed by atoms with E-state index < -0.39 is 15.1 Å². The van der Waals surface area contributed by atoms with Gasteiger partial charge < -0.3 is 14.9 Å². The molecule has 0 radical (unpaired) electrons. The van der Waals surface area contributed by atoms with E-state index in [0.29, 0.717) is 24.5 Å². The van der Waals surface area contributed by atoms with Gasteiger partial charge in [-0.05, 0) is 24.3 Å². The summed E-state index contributed by atoms with van der Waals surface area (Å²) in [6, 6.07) is 6.83. The molecule has 2 rings (SSSR count). The summed E-state index contributed by atoms with van der Waals surface area (Å²) >= 11 is 0. The van der Waals surface area contributed by atoms with E-state index in [4.69, 9.17) is 14.9 Å². The maximum Gasteiger partial charge on any atom is 0.335 e. The van der Waals surface area contributed by atoms with Crippen LogP contribution in [0.25, 0.3) is 11.5 Å². The fourth-order valence-corrected chi connectivity index (χ4v) is 1.77. The predicted molar refractivity (Wildman–Crippen MR) is 67.4 cm³/mol. The lowest BCUT2D eigenvalue weighted by Crippen LogP contribution is -2.10. The lowest BCUT2D eigenvalue weighted by Gasteiger charge is -2.03. The Bertz CT molecular complexity index is 649. The van der Waals surface area contributed by atoms with Crippen LogP contribution in [0, 0.1) is 0 Å². The Balaban J connectivity index is 2.20. The molecule has 1 aromatic carbocycles. The first-order valence-electron chi connectivity index (χ1n) is 5.47. The van der Waals surface area contributed by atoms with Crippen LogP contribution in [-0.2, 0) is 9.84 Å². The zero-order chi connectivity index (χ0) is 13.9. The number of aromatic nitrogens is 2. The highest BCUT2D eigenvalue weighted by Gasteiger charge is 2.17. The fourth-order valence-electron chi connectivity index (χ4n) is 1.35. The van der Waals surface area contributed by atoms with Crippen LogP contribution in [0.4, 0.5) is 0 Å². The summed E-state index contributed by atoms with van der Waals surface area (Å²) in [4.78, 5) is 0. The minimum atomic E-state index is -3.49. The van der Waals surface area contributed by atoms with Crippen LogP contribution < -0.4 is 10.5 Å². The Morgan fingerprint density at radius 1 is 1.26 bits per heavy atom. The number of sulfone groups is 1. The Kier molecular flexibility index (Phi) is 3.82. The van der Waals surface area contributed by atoms with Gasteiger partial charge in [0.2, 0.25) is 15.7 Å². The van der Waals surface area contributed by atoms with Crippen molar-refractivity contribution in [2.45, 2.75) is 5.22 Å². The summed E-state index contributed by atoms with van der Waals surface area (Å²) in [6.07, 6.45) is 1.01. The molecule has 19 heavy (non-hydrogen) atoms. The molecule has 0 aliphatic rings. The molecule has 0 aliphatic heterocycles. The highest BCUT2D eigenvalue weighted by atomic mass is 32.2. The first kappa shape index (κ1) is 13.5. The lowest BCUT2D eigenvalue weighted by molar-refractivity contribution is 0.328. The van der Waals surface area contributed by atoms with Gasteiger partial charge >= 0.3 is 5.22 Å². The van der Waals surface area contributed by atoms with Crippen molar-refractivity contribution in [3.8, 4) is 17.2 Å². The SMILES string of the molecule is CS(=O)(=O)c1nnc(-c2ccc(OCCN)cc2)o1. The van der Waals surface area contributed by atoms with Crippen LogP contribution in [0.1, 0.15) is 0 Å². The lowest BCUT2D eigenvalue weighted by atomic mass is 10.2. The molecule has 0 bridgehead atoms. The molecule has 0 aliphatic carbocycles. The zero-order valence-electron chi connectivity index (χ0n) is 10.2. The van der Waals surface area contributed by atoms with E-state index in [1.165, 1.54) is 0 Å². The minimum absolute atomic E-state index is 0.144. The van der Waals surface area contributed by atoms with Gasteiger partial charge in [-0.15, -0.1) is 5.10 Å². The highest BCUT2D eigenvalue weighted by Crippen LogP contribution is 2.22. The van der Waals surface area contributed by atoms with Crippen molar-refractivity contribution in [2.75, 3.05) is 19.4 Å². The Labute approximate surface area is 110 Å². The molecule has 1 heterocycles. The molecule has 0 amide bonds. The molecular weight excluding hydrogens is 270 g/mol. The van der Waals surface area contributed by atoms with Crippen LogP contribution in [0.15, 0.2) is 33.9 Å². The molecule has 0 saturated heterocycles. The molecule has 0 spiro atoms. The van der Waals surface area contributed by atoms with Crippen LogP contribution >= 0.6 is 0 Å². The molecule has 2 N–H and O–H groups in total. The number of ether oxygens (including phenoxy) is 1. The molecule has 102 valence electrons. The van der Waals surface area contributed by atoms with Crippen LogP contribution in [0.3, 0.4) is 0 Å². The third-order valence-electron chi connectivity index (χ3n) is 2.21. The van der Waals surface area contributed by atoms with E-state index in [1.807, 2.05) is 0 Å².